The van der Waals surface area contributed by atoms with Crippen LogP contribution in [0.15, 0.2) is 41.2 Å². The average molecular weight is 650 g/mol. The first-order valence-corrected chi connectivity index (χ1v) is 15.5. The van der Waals surface area contributed by atoms with Crippen LogP contribution < -0.4 is 16.3 Å². The molecule has 3 amide bonds. The number of carbonyl (C=O) groups is 2. The molecule has 2 aromatic carbocycles. The summed E-state index contributed by atoms with van der Waals surface area (Å²) in [6.07, 6.45) is -2.27. The van der Waals surface area contributed by atoms with E-state index in [1.165, 1.54) is 13.1 Å². The van der Waals surface area contributed by atoms with Crippen LogP contribution in [0.25, 0.3) is 11.0 Å². The number of piperidine rings is 2. The molecule has 3 heterocycles. The lowest BCUT2D eigenvalue weighted by Gasteiger charge is -2.38. The minimum Gasteiger partial charge on any atom is -0.386 e. The molecule has 0 radical (unpaired) electrons. The molecule has 2 fully saturated rings. The molecule has 2 saturated heterocycles. The van der Waals surface area contributed by atoms with Crippen molar-refractivity contribution in [3.05, 3.63) is 63.0 Å². The third-order valence-corrected chi connectivity index (χ3v) is 9.29. The predicted molar refractivity (Wildman–Crippen MR) is 168 cm³/mol. The van der Waals surface area contributed by atoms with Gasteiger partial charge >= 0.3 is 17.9 Å². The Morgan fingerprint density at radius 1 is 1.04 bits per heavy atom. The van der Waals surface area contributed by atoms with Crippen LogP contribution in [0.4, 0.5) is 23.7 Å². The van der Waals surface area contributed by atoms with Crippen molar-refractivity contribution < 1.29 is 22.8 Å². The minimum absolute atomic E-state index is 0.109. The van der Waals surface area contributed by atoms with Crippen LogP contribution in [0.2, 0.25) is 5.02 Å². The van der Waals surface area contributed by atoms with Gasteiger partial charge in [-0.2, -0.15) is 13.2 Å². The number of hydrogen-bond acceptors (Lipinski definition) is 5. The highest BCUT2D eigenvalue weighted by molar-refractivity contribution is 6.33. The van der Waals surface area contributed by atoms with Gasteiger partial charge in [0.2, 0.25) is 5.91 Å². The number of likely N-dealkylation sites (tertiary alicyclic amines) is 2. The van der Waals surface area contributed by atoms with Crippen LogP contribution >= 0.6 is 11.6 Å². The van der Waals surface area contributed by atoms with Crippen LogP contribution in [-0.4, -0.2) is 95.6 Å². The van der Waals surface area contributed by atoms with Gasteiger partial charge < -0.3 is 30.3 Å². The van der Waals surface area contributed by atoms with E-state index in [-0.39, 0.29) is 40.3 Å². The maximum absolute atomic E-state index is 13.9. The molecular formula is C31H39ClF3N7O3. The predicted octanol–water partition coefficient (Wildman–Crippen LogP) is 4.55. The zero-order valence-corrected chi connectivity index (χ0v) is 26.3. The van der Waals surface area contributed by atoms with Crippen molar-refractivity contribution in [2.45, 2.75) is 56.4 Å². The summed E-state index contributed by atoms with van der Waals surface area (Å²) in [5.74, 6) is -0.344. The van der Waals surface area contributed by atoms with E-state index >= 15 is 0 Å². The van der Waals surface area contributed by atoms with Crippen LogP contribution in [0.1, 0.15) is 42.9 Å². The second kappa shape index (κ2) is 13.3. The molecule has 3 N–H and O–H groups in total. The third kappa shape index (κ3) is 7.09. The second-order valence-electron chi connectivity index (χ2n) is 12.0. The van der Waals surface area contributed by atoms with E-state index in [1.807, 2.05) is 38.4 Å². The number of amides is 3. The number of aromatic nitrogens is 2. The summed E-state index contributed by atoms with van der Waals surface area (Å²) >= 11 is 6.24. The number of nitrogens with zero attached hydrogens (tertiary/aromatic N) is 4. The lowest BCUT2D eigenvalue weighted by atomic mass is 9.98. The molecule has 1 atom stereocenters. The Morgan fingerprint density at radius 3 is 2.31 bits per heavy atom. The van der Waals surface area contributed by atoms with Crippen molar-refractivity contribution in [3.63, 3.8) is 0 Å². The standard InChI is InChI=1S/C31H39ClF3N7O3/c1-36-27-22(31(33,34)35)16-19(17-23(27)32)18-25(28(43)40-12-8-20(9-13-40)39(2)3)38-29(44)41-14-10-21(11-15-41)42-26-7-5-4-6-24(26)37-30(42)45/h4-7,16-17,20-21,25,36H,8-15,18H2,1-3H3,(H,37,45)(H,38,44)/t25-/m1/s1. The maximum atomic E-state index is 13.9. The lowest BCUT2D eigenvalue weighted by molar-refractivity contribution is -0.137. The normalized spacial score (nSPS) is 17.6. The van der Waals surface area contributed by atoms with Gasteiger partial charge in [-0.1, -0.05) is 23.7 Å². The molecule has 14 heteroatoms. The van der Waals surface area contributed by atoms with Crippen molar-refractivity contribution in [2.75, 3.05) is 52.6 Å². The fourth-order valence-corrected chi connectivity index (χ4v) is 6.86. The molecule has 10 nitrogen and oxygen atoms in total. The summed E-state index contributed by atoms with van der Waals surface area (Å²) in [7, 11) is 5.33. The molecule has 5 rings (SSSR count). The number of benzene rings is 2. The van der Waals surface area contributed by atoms with Gasteiger partial charge in [0.05, 0.1) is 27.3 Å². The molecule has 244 valence electrons. The van der Waals surface area contributed by atoms with Gasteiger partial charge in [-0.05, 0) is 69.6 Å². The van der Waals surface area contributed by atoms with E-state index in [0.717, 1.165) is 29.9 Å². The number of hydrogen-bond donors (Lipinski definition) is 3. The number of imidazole rings is 1. The molecule has 45 heavy (non-hydrogen) atoms. The molecule has 0 bridgehead atoms. The summed E-state index contributed by atoms with van der Waals surface area (Å²) in [4.78, 5) is 48.3. The Bertz CT molecular complexity index is 1590. The fourth-order valence-electron chi connectivity index (χ4n) is 6.52. The summed E-state index contributed by atoms with van der Waals surface area (Å²) < 4.78 is 43.4. The molecule has 0 unspecified atom stereocenters. The maximum Gasteiger partial charge on any atom is 0.418 e. The quantitative estimate of drug-likeness (QED) is 0.348. The highest BCUT2D eigenvalue weighted by Gasteiger charge is 2.37. The number of H-pyrrole nitrogens is 1. The number of halogens is 4. The number of rotatable bonds is 7. The number of urea groups is 1. The zero-order chi connectivity index (χ0) is 32.5. The van der Waals surface area contributed by atoms with Gasteiger partial charge in [0.25, 0.3) is 0 Å². The van der Waals surface area contributed by atoms with E-state index in [2.05, 4.69) is 20.5 Å². The van der Waals surface area contributed by atoms with Crippen LogP contribution in [0.5, 0.6) is 0 Å². The van der Waals surface area contributed by atoms with Crippen molar-refractivity contribution >= 4 is 40.3 Å². The van der Waals surface area contributed by atoms with E-state index in [1.54, 1.807) is 14.4 Å². The molecule has 0 aliphatic carbocycles. The van der Waals surface area contributed by atoms with Crippen LogP contribution in [-0.2, 0) is 17.4 Å². The zero-order valence-electron chi connectivity index (χ0n) is 25.6. The number of anilines is 1. The molecular weight excluding hydrogens is 611 g/mol. The first kappa shape index (κ1) is 32.7. The molecule has 2 aliphatic heterocycles. The molecule has 0 spiro atoms. The van der Waals surface area contributed by atoms with E-state index in [9.17, 15) is 27.6 Å². The van der Waals surface area contributed by atoms with E-state index in [4.69, 9.17) is 11.6 Å². The smallest absolute Gasteiger partial charge is 0.386 e. The molecule has 1 aromatic heterocycles. The van der Waals surface area contributed by atoms with Crippen molar-refractivity contribution in [3.8, 4) is 0 Å². The van der Waals surface area contributed by atoms with Crippen molar-refractivity contribution in [1.82, 2.24) is 29.6 Å². The van der Waals surface area contributed by atoms with Gasteiger partial charge in [0.1, 0.15) is 6.04 Å². The van der Waals surface area contributed by atoms with Gasteiger partial charge in [-0.15, -0.1) is 0 Å². The largest absolute Gasteiger partial charge is 0.418 e. The van der Waals surface area contributed by atoms with E-state index < -0.39 is 23.8 Å². The first-order chi connectivity index (χ1) is 21.4. The number of carbonyl (C=O) groups excluding carboxylic acids is 2. The van der Waals surface area contributed by atoms with Crippen molar-refractivity contribution in [1.29, 1.82) is 0 Å². The molecule has 0 saturated carbocycles. The summed E-state index contributed by atoms with van der Waals surface area (Å²) in [5, 5.41) is 5.22. The van der Waals surface area contributed by atoms with Crippen LogP contribution in [0, 0.1) is 0 Å². The number of para-hydroxylation sites is 2. The summed E-state index contributed by atoms with van der Waals surface area (Å²) in [6, 6.07) is 8.45. The van der Waals surface area contributed by atoms with E-state index in [0.29, 0.717) is 45.1 Å². The van der Waals surface area contributed by atoms with Gasteiger partial charge in [0.15, 0.2) is 0 Å². The Morgan fingerprint density at radius 2 is 1.69 bits per heavy atom. The second-order valence-corrected chi connectivity index (χ2v) is 12.4. The van der Waals surface area contributed by atoms with Crippen LogP contribution in [0.3, 0.4) is 0 Å². The third-order valence-electron chi connectivity index (χ3n) is 8.99. The Balaban J connectivity index is 1.33. The number of fused-ring (bicyclic) bond motifs is 1. The van der Waals surface area contributed by atoms with Gasteiger partial charge in [0, 0.05) is 51.7 Å². The first-order valence-electron chi connectivity index (χ1n) is 15.1. The SMILES string of the molecule is CNc1c(Cl)cc(C[C@@H](NC(=O)N2CCC(n3c(=O)[nH]c4ccccc43)CC2)C(=O)N2CCC(N(C)C)CC2)cc1C(F)(F)F. The minimum atomic E-state index is -4.67. The van der Waals surface area contributed by atoms with Gasteiger partial charge in [-0.25, -0.2) is 9.59 Å². The van der Waals surface area contributed by atoms with Crippen molar-refractivity contribution in [2.24, 2.45) is 0 Å². The fraction of sp³-hybridized carbons (Fsp3) is 0.516. The molecule has 2 aliphatic rings. The van der Waals surface area contributed by atoms with Gasteiger partial charge in [-0.3, -0.25) is 9.36 Å². The Labute approximate surface area is 264 Å². The number of aromatic amines is 1. The topological polar surface area (TPSA) is 106 Å². The Kier molecular flexibility index (Phi) is 9.68. The number of alkyl halides is 3. The molecule has 3 aromatic rings. The average Bonchev–Trinajstić information content (AvgIpc) is 3.35. The highest BCUT2D eigenvalue weighted by atomic mass is 35.5. The Hall–Kier alpha value is -3.71. The highest BCUT2D eigenvalue weighted by Crippen LogP contribution is 2.39. The number of nitrogens with one attached hydrogen (secondary N) is 3. The lowest BCUT2D eigenvalue weighted by Crippen LogP contribution is -2.56. The summed E-state index contributed by atoms with van der Waals surface area (Å²) in [5.41, 5.74) is 0.342. The summed E-state index contributed by atoms with van der Waals surface area (Å²) in [6.45, 7) is 1.65. The monoisotopic (exact) mass is 649 g/mol.